The molecule has 0 aliphatic rings. The second-order valence-corrected chi connectivity index (χ2v) is 7.24. The maximum atomic E-state index is 12.7. The number of nitrogens with two attached hydrogens (primary N) is 1. The van der Waals surface area contributed by atoms with Crippen LogP contribution >= 0.6 is 0 Å². The van der Waals surface area contributed by atoms with Crippen LogP contribution in [-0.2, 0) is 11.2 Å². The Hall–Kier alpha value is -4.26. The van der Waals surface area contributed by atoms with Crippen LogP contribution in [0.15, 0.2) is 78.9 Å². The van der Waals surface area contributed by atoms with E-state index < -0.39 is 22.8 Å². The highest BCUT2D eigenvalue weighted by molar-refractivity contribution is 6.03. The number of primary amides is 1. The molecule has 2 amide bonds. The van der Waals surface area contributed by atoms with Gasteiger partial charge in [-0.05, 0) is 39.2 Å². The summed E-state index contributed by atoms with van der Waals surface area (Å²) < 4.78 is 0. The zero-order chi connectivity index (χ0) is 22.0. The average Bonchev–Trinajstić information content (AvgIpc) is 2.78. The molecule has 4 aromatic carbocycles. The van der Waals surface area contributed by atoms with E-state index in [0.29, 0.717) is 0 Å². The van der Waals surface area contributed by atoms with Crippen LogP contribution in [0.3, 0.4) is 0 Å². The van der Waals surface area contributed by atoms with E-state index in [9.17, 15) is 19.7 Å². The first kappa shape index (κ1) is 20.0. The minimum Gasteiger partial charge on any atom is -0.368 e. The van der Waals surface area contributed by atoms with Crippen molar-refractivity contribution in [1.82, 2.24) is 5.32 Å². The quantitative estimate of drug-likeness (QED) is 0.285. The number of nitro benzene ring substituents is 1. The summed E-state index contributed by atoms with van der Waals surface area (Å²) in [7, 11) is 0. The Balaban J connectivity index is 1.71. The zero-order valence-corrected chi connectivity index (χ0v) is 16.4. The minimum atomic E-state index is -0.985. The molecule has 4 aromatic rings. The number of benzene rings is 4. The van der Waals surface area contributed by atoms with Gasteiger partial charge in [-0.2, -0.15) is 0 Å². The first-order valence-electron chi connectivity index (χ1n) is 9.68. The fraction of sp³-hybridized carbons (Fsp3) is 0.0833. The first-order valence-corrected chi connectivity index (χ1v) is 9.68. The predicted molar refractivity (Wildman–Crippen MR) is 119 cm³/mol. The summed E-state index contributed by atoms with van der Waals surface area (Å²) in [6.45, 7) is 0. The highest BCUT2D eigenvalue weighted by Crippen LogP contribution is 2.29. The second kappa shape index (κ2) is 8.23. The predicted octanol–water partition coefficient (Wildman–Crippen LogP) is 3.73. The number of carbonyl (C=O) groups is 2. The van der Waals surface area contributed by atoms with Gasteiger partial charge in [0.2, 0.25) is 5.91 Å². The van der Waals surface area contributed by atoms with E-state index in [1.165, 1.54) is 24.3 Å². The fourth-order valence-electron chi connectivity index (χ4n) is 3.76. The number of hydrogen-bond donors (Lipinski definition) is 2. The van der Waals surface area contributed by atoms with E-state index >= 15 is 0 Å². The van der Waals surface area contributed by atoms with Gasteiger partial charge in [0.1, 0.15) is 6.04 Å². The molecule has 7 heteroatoms. The normalized spacial score (nSPS) is 11.9. The highest BCUT2D eigenvalue weighted by atomic mass is 16.6. The van der Waals surface area contributed by atoms with Crippen LogP contribution in [0.4, 0.5) is 5.69 Å². The average molecular weight is 413 g/mol. The van der Waals surface area contributed by atoms with Crippen molar-refractivity contribution in [3.63, 3.8) is 0 Å². The van der Waals surface area contributed by atoms with Crippen molar-refractivity contribution in [2.45, 2.75) is 12.5 Å². The molecule has 0 radical (unpaired) electrons. The molecular weight excluding hydrogens is 394 g/mol. The Morgan fingerprint density at radius 3 is 2.10 bits per heavy atom. The number of non-ortho nitro benzene ring substituents is 1. The van der Waals surface area contributed by atoms with Crippen LogP contribution in [0.25, 0.3) is 21.5 Å². The lowest BCUT2D eigenvalue weighted by Crippen LogP contribution is -2.45. The Morgan fingerprint density at radius 2 is 1.52 bits per heavy atom. The van der Waals surface area contributed by atoms with E-state index in [1.54, 1.807) is 0 Å². The van der Waals surface area contributed by atoms with Gasteiger partial charge in [-0.3, -0.25) is 19.7 Å². The van der Waals surface area contributed by atoms with Gasteiger partial charge in [0.25, 0.3) is 11.6 Å². The van der Waals surface area contributed by atoms with Gasteiger partial charge < -0.3 is 11.1 Å². The number of fused-ring (bicyclic) bond motifs is 2. The molecule has 0 aliphatic heterocycles. The summed E-state index contributed by atoms with van der Waals surface area (Å²) in [6, 6.07) is 22.1. The van der Waals surface area contributed by atoms with Crippen LogP contribution in [-0.4, -0.2) is 22.8 Å². The van der Waals surface area contributed by atoms with Crippen molar-refractivity contribution in [1.29, 1.82) is 0 Å². The lowest BCUT2D eigenvalue weighted by atomic mass is 9.92. The molecule has 31 heavy (non-hydrogen) atoms. The van der Waals surface area contributed by atoms with E-state index in [0.717, 1.165) is 27.1 Å². The summed E-state index contributed by atoms with van der Waals surface area (Å²) in [5, 5.41) is 17.6. The van der Waals surface area contributed by atoms with Crippen molar-refractivity contribution in [2.75, 3.05) is 0 Å². The maximum absolute atomic E-state index is 12.7. The smallest absolute Gasteiger partial charge is 0.270 e. The Labute approximate surface area is 177 Å². The number of nitrogens with zero attached hydrogens (tertiary/aromatic N) is 1. The molecule has 0 aliphatic carbocycles. The Morgan fingerprint density at radius 1 is 0.903 bits per heavy atom. The van der Waals surface area contributed by atoms with Crippen molar-refractivity contribution < 1.29 is 14.5 Å². The van der Waals surface area contributed by atoms with E-state index in [4.69, 9.17) is 5.73 Å². The number of nitro groups is 1. The molecule has 0 unspecified atom stereocenters. The monoisotopic (exact) mass is 413 g/mol. The summed E-state index contributed by atoms with van der Waals surface area (Å²) in [4.78, 5) is 35.3. The molecule has 0 saturated carbocycles. The lowest BCUT2D eigenvalue weighted by Gasteiger charge is -2.19. The molecule has 1 atom stereocenters. The number of nitrogens with one attached hydrogen (secondary N) is 1. The lowest BCUT2D eigenvalue weighted by molar-refractivity contribution is -0.384. The number of carbonyl (C=O) groups excluding carboxylic acids is 2. The molecule has 0 heterocycles. The maximum Gasteiger partial charge on any atom is 0.270 e. The molecule has 154 valence electrons. The van der Waals surface area contributed by atoms with E-state index in [1.807, 2.05) is 48.5 Å². The summed E-state index contributed by atoms with van der Waals surface area (Å²) >= 11 is 0. The Bertz CT molecular complexity index is 1280. The van der Waals surface area contributed by atoms with Crippen molar-refractivity contribution in [2.24, 2.45) is 5.73 Å². The van der Waals surface area contributed by atoms with Gasteiger partial charge in [-0.25, -0.2) is 0 Å². The van der Waals surface area contributed by atoms with Crippen LogP contribution in [0.5, 0.6) is 0 Å². The van der Waals surface area contributed by atoms with E-state index in [-0.39, 0.29) is 17.7 Å². The third-order valence-corrected chi connectivity index (χ3v) is 5.26. The van der Waals surface area contributed by atoms with Crippen molar-refractivity contribution in [3.05, 3.63) is 100 Å². The largest absolute Gasteiger partial charge is 0.368 e. The summed E-state index contributed by atoms with van der Waals surface area (Å²) in [5.41, 5.74) is 6.40. The van der Waals surface area contributed by atoms with Gasteiger partial charge in [0, 0.05) is 24.1 Å². The van der Waals surface area contributed by atoms with Crippen molar-refractivity contribution in [3.8, 4) is 0 Å². The molecule has 0 saturated heterocycles. The topological polar surface area (TPSA) is 115 Å². The van der Waals surface area contributed by atoms with Crippen LogP contribution in [0.2, 0.25) is 0 Å². The van der Waals surface area contributed by atoms with Crippen LogP contribution < -0.4 is 11.1 Å². The second-order valence-electron chi connectivity index (χ2n) is 7.24. The third-order valence-electron chi connectivity index (χ3n) is 5.26. The first-order chi connectivity index (χ1) is 14.9. The van der Waals surface area contributed by atoms with Gasteiger partial charge in [-0.15, -0.1) is 0 Å². The van der Waals surface area contributed by atoms with Gasteiger partial charge in [0.15, 0.2) is 0 Å². The third kappa shape index (κ3) is 4.06. The zero-order valence-electron chi connectivity index (χ0n) is 16.4. The number of amides is 2. The van der Waals surface area contributed by atoms with Crippen LogP contribution in [0, 0.1) is 10.1 Å². The van der Waals surface area contributed by atoms with E-state index in [2.05, 4.69) is 11.4 Å². The molecule has 3 N–H and O–H groups in total. The van der Waals surface area contributed by atoms with Crippen LogP contribution in [0.1, 0.15) is 15.9 Å². The van der Waals surface area contributed by atoms with Gasteiger partial charge >= 0.3 is 0 Å². The van der Waals surface area contributed by atoms with Gasteiger partial charge in [-0.1, -0.05) is 54.6 Å². The summed E-state index contributed by atoms with van der Waals surface area (Å²) in [6.07, 6.45) is 0.192. The summed E-state index contributed by atoms with van der Waals surface area (Å²) in [5.74, 6) is -1.28. The highest BCUT2D eigenvalue weighted by Gasteiger charge is 2.22. The molecular formula is C24H19N3O4. The molecule has 7 nitrogen and oxygen atoms in total. The fourth-order valence-corrected chi connectivity index (χ4v) is 3.76. The molecule has 0 fully saturated rings. The molecule has 0 bridgehead atoms. The van der Waals surface area contributed by atoms with Crippen molar-refractivity contribution >= 4 is 39.0 Å². The standard InChI is InChI=1S/C24H19N3O4/c25-23(28)22(26-24(29)17-8-5-9-18(13-17)27(30)31)14-21-19-10-3-1-6-15(19)12-16-7-2-4-11-20(16)21/h1-13,22H,14H2,(H2,25,28)(H,26,29)/t22-/m0/s1. The van der Waals surface area contributed by atoms with Gasteiger partial charge in [0.05, 0.1) is 4.92 Å². The SMILES string of the molecule is NC(=O)[C@H](Cc1c2ccccc2cc2ccccc12)NC(=O)c1cccc([N+](=O)[O-])c1. The number of hydrogen-bond acceptors (Lipinski definition) is 4. The molecule has 0 aromatic heterocycles. The number of rotatable bonds is 6. The molecule has 4 rings (SSSR count). The minimum absolute atomic E-state index is 0.0863. The molecule has 0 spiro atoms. The Kier molecular flexibility index (Phi) is 5.32.